The summed E-state index contributed by atoms with van der Waals surface area (Å²) in [6.45, 7) is 5.80. The zero-order valence-corrected chi connectivity index (χ0v) is 8.53. The van der Waals surface area contributed by atoms with Gasteiger partial charge < -0.3 is 11.5 Å². The van der Waals surface area contributed by atoms with Gasteiger partial charge in [-0.15, -0.1) is 0 Å². The van der Waals surface area contributed by atoms with E-state index in [-0.39, 0.29) is 11.4 Å². The Bertz CT molecular complexity index is 368. The van der Waals surface area contributed by atoms with E-state index < -0.39 is 5.91 Å². The van der Waals surface area contributed by atoms with Crippen LogP contribution in [0.15, 0.2) is 6.20 Å². The Kier molecular flexibility index (Phi) is 2.42. The maximum Gasteiger partial charge on any atom is 0.252 e. The van der Waals surface area contributed by atoms with Gasteiger partial charge in [-0.2, -0.15) is 0 Å². The number of carbonyl (C=O) groups excluding carboxylic acids is 1. The number of anilines is 1. The first-order chi connectivity index (χ1) is 6.32. The van der Waals surface area contributed by atoms with Gasteiger partial charge in [-0.3, -0.25) is 4.79 Å². The quantitative estimate of drug-likeness (QED) is 0.678. The molecule has 0 unspecified atom stereocenters. The lowest BCUT2D eigenvalue weighted by atomic mass is 9.89. The summed E-state index contributed by atoms with van der Waals surface area (Å²) >= 11 is 0. The van der Waals surface area contributed by atoms with Crippen molar-refractivity contribution in [2.75, 3.05) is 5.73 Å². The van der Waals surface area contributed by atoms with Crippen molar-refractivity contribution in [1.29, 1.82) is 0 Å². The lowest BCUT2D eigenvalue weighted by molar-refractivity contribution is 0.0997. The van der Waals surface area contributed by atoms with Crippen LogP contribution >= 0.6 is 0 Å². The second-order valence-corrected chi connectivity index (χ2v) is 4.10. The van der Waals surface area contributed by atoms with E-state index in [2.05, 4.69) is 9.97 Å². The van der Waals surface area contributed by atoms with Crippen LogP contribution in [-0.4, -0.2) is 15.9 Å². The van der Waals surface area contributed by atoms with Gasteiger partial charge in [-0.1, -0.05) is 20.8 Å². The molecule has 76 valence electrons. The third-order valence-corrected chi connectivity index (χ3v) is 1.78. The van der Waals surface area contributed by atoms with E-state index >= 15 is 0 Å². The Balaban J connectivity index is 3.38. The molecule has 0 aliphatic carbocycles. The maximum atomic E-state index is 11.1. The first-order valence-electron chi connectivity index (χ1n) is 4.25. The van der Waals surface area contributed by atoms with E-state index in [0.717, 1.165) is 0 Å². The van der Waals surface area contributed by atoms with E-state index in [4.69, 9.17) is 11.5 Å². The molecular formula is C9H14N4O. The largest absolute Gasteiger partial charge is 0.368 e. The summed E-state index contributed by atoms with van der Waals surface area (Å²) in [6.07, 6.45) is 1.37. The van der Waals surface area contributed by atoms with Crippen LogP contribution in [-0.2, 0) is 5.41 Å². The average molecular weight is 194 g/mol. The Labute approximate surface area is 82.5 Å². The number of rotatable bonds is 1. The molecule has 0 spiro atoms. The van der Waals surface area contributed by atoms with Crippen LogP contribution in [0.4, 0.5) is 5.95 Å². The lowest BCUT2D eigenvalue weighted by Gasteiger charge is -2.19. The highest BCUT2D eigenvalue weighted by Gasteiger charge is 2.22. The van der Waals surface area contributed by atoms with Gasteiger partial charge in [0.05, 0.1) is 11.3 Å². The van der Waals surface area contributed by atoms with Crippen LogP contribution in [0.3, 0.4) is 0 Å². The smallest absolute Gasteiger partial charge is 0.252 e. The number of carbonyl (C=O) groups is 1. The molecule has 0 aliphatic heterocycles. The number of aromatic nitrogens is 2. The topological polar surface area (TPSA) is 94.9 Å². The summed E-state index contributed by atoms with van der Waals surface area (Å²) in [7, 11) is 0. The monoisotopic (exact) mass is 194 g/mol. The van der Waals surface area contributed by atoms with E-state index in [1.807, 2.05) is 20.8 Å². The third-order valence-electron chi connectivity index (χ3n) is 1.78. The Hall–Kier alpha value is -1.65. The second kappa shape index (κ2) is 3.25. The minimum absolute atomic E-state index is 0.153. The minimum atomic E-state index is -0.532. The molecule has 1 aromatic rings. The maximum absolute atomic E-state index is 11.1. The third kappa shape index (κ3) is 1.99. The SMILES string of the molecule is CC(C)(C)c1nc(N)ncc1C(N)=O. The molecule has 1 aromatic heterocycles. The van der Waals surface area contributed by atoms with E-state index in [1.54, 1.807) is 0 Å². The molecule has 1 amide bonds. The molecule has 1 heterocycles. The van der Waals surface area contributed by atoms with Crippen molar-refractivity contribution in [2.45, 2.75) is 26.2 Å². The number of amides is 1. The Morgan fingerprint density at radius 1 is 1.43 bits per heavy atom. The molecule has 5 nitrogen and oxygen atoms in total. The molecule has 0 aliphatic rings. The van der Waals surface area contributed by atoms with Gasteiger partial charge in [-0.25, -0.2) is 9.97 Å². The zero-order chi connectivity index (χ0) is 10.9. The summed E-state index contributed by atoms with van der Waals surface area (Å²) in [5.74, 6) is -0.380. The summed E-state index contributed by atoms with van der Waals surface area (Å²) < 4.78 is 0. The van der Waals surface area contributed by atoms with Crippen molar-refractivity contribution in [3.8, 4) is 0 Å². The van der Waals surface area contributed by atoms with Crippen molar-refractivity contribution >= 4 is 11.9 Å². The van der Waals surface area contributed by atoms with Crippen LogP contribution in [0.1, 0.15) is 36.8 Å². The lowest BCUT2D eigenvalue weighted by Crippen LogP contribution is -2.24. The number of hydrogen-bond donors (Lipinski definition) is 2. The number of primary amides is 1. The molecule has 4 N–H and O–H groups in total. The molecule has 5 heteroatoms. The average Bonchev–Trinajstić information content (AvgIpc) is 2.01. The van der Waals surface area contributed by atoms with Crippen LogP contribution < -0.4 is 11.5 Å². The molecule has 14 heavy (non-hydrogen) atoms. The predicted molar refractivity (Wildman–Crippen MR) is 53.7 cm³/mol. The van der Waals surface area contributed by atoms with Gasteiger partial charge >= 0.3 is 0 Å². The number of nitrogen functional groups attached to an aromatic ring is 1. The van der Waals surface area contributed by atoms with E-state index in [9.17, 15) is 4.79 Å². The first-order valence-corrected chi connectivity index (χ1v) is 4.25. The van der Waals surface area contributed by atoms with Crippen molar-refractivity contribution in [3.05, 3.63) is 17.5 Å². The highest BCUT2D eigenvalue weighted by atomic mass is 16.1. The van der Waals surface area contributed by atoms with Gasteiger partial charge in [-0.05, 0) is 0 Å². The first kappa shape index (κ1) is 10.4. The van der Waals surface area contributed by atoms with Crippen LogP contribution in [0.2, 0.25) is 0 Å². The fourth-order valence-electron chi connectivity index (χ4n) is 1.15. The van der Waals surface area contributed by atoms with Crippen LogP contribution in [0.5, 0.6) is 0 Å². The Morgan fingerprint density at radius 2 is 2.00 bits per heavy atom. The minimum Gasteiger partial charge on any atom is -0.368 e. The van der Waals surface area contributed by atoms with Crippen molar-refractivity contribution in [1.82, 2.24) is 9.97 Å². The fraction of sp³-hybridized carbons (Fsp3) is 0.444. The second-order valence-electron chi connectivity index (χ2n) is 4.10. The molecule has 0 fully saturated rings. The number of hydrogen-bond acceptors (Lipinski definition) is 4. The summed E-state index contributed by atoms with van der Waals surface area (Å²) in [5, 5.41) is 0. The highest BCUT2D eigenvalue weighted by molar-refractivity contribution is 5.94. The Morgan fingerprint density at radius 3 is 2.43 bits per heavy atom. The van der Waals surface area contributed by atoms with Crippen LogP contribution in [0, 0.1) is 0 Å². The summed E-state index contributed by atoms with van der Waals surface area (Å²) in [4.78, 5) is 18.9. The standard InChI is InChI=1S/C9H14N4O/c1-9(2,3)6-5(7(10)14)4-12-8(11)13-6/h4H,1-3H3,(H2,10,14)(H2,11,12,13). The predicted octanol–water partition coefficient (Wildman–Crippen LogP) is 0.455. The highest BCUT2D eigenvalue weighted by Crippen LogP contribution is 2.23. The molecule has 0 atom stereocenters. The number of nitrogens with zero attached hydrogens (tertiary/aromatic N) is 2. The number of nitrogens with two attached hydrogens (primary N) is 2. The van der Waals surface area contributed by atoms with Gasteiger partial charge in [0, 0.05) is 11.6 Å². The molecule has 0 aromatic carbocycles. The van der Waals surface area contributed by atoms with E-state index in [1.165, 1.54) is 6.20 Å². The molecule has 0 saturated heterocycles. The van der Waals surface area contributed by atoms with Crippen molar-refractivity contribution in [2.24, 2.45) is 5.73 Å². The normalized spacial score (nSPS) is 11.4. The molecule has 0 radical (unpaired) electrons. The molecule has 0 bridgehead atoms. The zero-order valence-electron chi connectivity index (χ0n) is 8.53. The summed E-state index contributed by atoms with van der Waals surface area (Å²) in [6, 6.07) is 0. The van der Waals surface area contributed by atoms with Gasteiger partial charge in [0.1, 0.15) is 0 Å². The van der Waals surface area contributed by atoms with Gasteiger partial charge in [0.2, 0.25) is 5.95 Å². The van der Waals surface area contributed by atoms with Gasteiger partial charge in [0.25, 0.3) is 5.91 Å². The molecule has 1 rings (SSSR count). The van der Waals surface area contributed by atoms with Gasteiger partial charge in [0.15, 0.2) is 0 Å². The fourth-order valence-corrected chi connectivity index (χ4v) is 1.15. The molecule has 0 saturated carbocycles. The summed E-state index contributed by atoms with van der Waals surface area (Å²) in [5.41, 5.74) is 11.3. The van der Waals surface area contributed by atoms with Crippen molar-refractivity contribution < 1.29 is 4.79 Å². The van der Waals surface area contributed by atoms with Crippen molar-refractivity contribution in [3.63, 3.8) is 0 Å². The van der Waals surface area contributed by atoms with Crippen LogP contribution in [0.25, 0.3) is 0 Å². The van der Waals surface area contributed by atoms with E-state index in [0.29, 0.717) is 11.3 Å². The molecular weight excluding hydrogens is 180 g/mol.